The quantitative estimate of drug-likeness (QED) is 0.704. The lowest BCUT2D eigenvalue weighted by molar-refractivity contribution is -0.246. The largest absolute Gasteiger partial charge is 0.457 e. The number of rotatable bonds is 2. The summed E-state index contributed by atoms with van der Waals surface area (Å²) in [5.74, 6) is -0.599. The zero-order chi connectivity index (χ0) is 13.9. The number of carbonyl (C=O) groups is 1. The van der Waals surface area contributed by atoms with Crippen LogP contribution in [0.4, 0.5) is 0 Å². The van der Waals surface area contributed by atoms with E-state index in [2.05, 4.69) is 6.07 Å². The van der Waals surface area contributed by atoms with Crippen molar-refractivity contribution in [2.75, 3.05) is 7.11 Å². The number of nitriles is 1. The van der Waals surface area contributed by atoms with E-state index in [1.807, 2.05) is 6.92 Å². The maximum Gasteiger partial charge on any atom is 0.311 e. The van der Waals surface area contributed by atoms with Crippen LogP contribution in [-0.4, -0.2) is 31.6 Å². The average molecular weight is 255 g/mol. The molecule has 0 spiro atoms. The Labute approximate surface area is 108 Å². The SMILES string of the molecule is COC1OC(C)C(C#N)CC1OC(=O)C(C)(C)C. The van der Waals surface area contributed by atoms with Crippen molar-refractivity contribution in [3.8, 4) is 6.07 Å². The summed E-state index contributed by atoms with van der Waals surface area (Å²) in [6.45, 7) is 7.17. The molecule has 4 atom stereocenters. The highest BCUT2D eigenvalue weighted by molar-refractivity contribution is 5.75. The van der Waals surface area contributed by atoms with Gasteiger partial charge < -0.3 is 14.2 Å². The van der Waals surface area contributed by atoms with Gasteiger partial charge in [0.05, 0.1) is 23.5 Å². The van der Waals surface area contributed by atoms with Gasteiger partial charge in [0.15, 0.2) is 12.4 Å². The van der Waals surface area contributed by atoms with Crippen LogP contribution >= 0.6 is 0 Å². The van der Waals surface area contributed by atoms with Crippen LogP contribution in [0.2, 0.25) is 0 Å². The minimum Gasteiger partial charge on any atom is -0.457 e. The minimum absolute atomic E-state index is 0.218. The van der Waals surface area contributed by atoms with Crippen molar-refractivity contribution in [1.29, 1.82) is 5.26 Å². The molecule has 1 rings (SSSR count). The molecule has 0 aliphatic carbocycles. The van der Waals surface area contributed by atoms with Gasteiger partial charge in [0.25, 0.3) is 0 Å². The molecule has 5 nitrogen and oxygen atoms in total. The second-order valence-electron chi connectivity index (χ2n) is 5.61. The highest BCUT2D eigenvalue weighted by Gasteiger charge is 2.40. The first-order valence-corrected chi connectivity index (χ1v) is 6.08. The molecule has 1 saturated heterocycles. The van der Waals surface area contributed by atoms with E-state index in [0.717, 1.165) is 0 Å². The van der Waals surface area contributed by atoms with Crippen LogP contribution < -0.4 is 0 Å². The van der Waals surface area contributed by atoms with Crippen LogP contribution in [0.15, 0.2) is 0 Å². The van der Waals surface area contributed by atoms with E-state index in [0.29, 0.717) is 6.42 Å². The average Bonchev–Trinajstić information content (AvgIpc) is 2.29. The lowest BCUT2D eigenvalue weighted by atomic mass is 9.93. The maximum absolute atomic E-state index is 11.9. The lowest BCUT2D eigenvalue weighted by Crippen LogP contribution is -2.47. The van der Waals surface area contributed by atoms with Gasteiger partial charge in [-0.2, -0.15) is 5.26 Å². The van der Waals surface area contributed by atoms with Gasteiger partial charge in [-0.05, 0) is 27.7 Å². The van der Waals surface area contributed by atoms with Gasteiger partial charge in [-0.3, -0.25) is 4.79 Å². The first kappa shape index (κ1) is 14.9. The van der Waals surface area contributed by atoms with Crippen LogP contribution in [0.5, 0.6) is 0 Å². The number of ether oxygens (including phenoxy) is 3. The predicted molar refractivity (Wildman–Crippen MR) is 64.4 cm³/mol. The Hall–Kier alpha value is -1.12. The Kier molecular flexibility index (Phi) is 4.71. The minimum atomic E-state index is -0.601. The standard InChI is InChI=1S/C13H21NO4/c1-8-9(7-14)6-10(11(16-5)17-8)18-12(15)13(2,3)4/h8-11H,6H2,1-5H3. The third kappa shape index (κ3) is 3.44. The maximum atomic E-state index is 11.9. The Bertz CT molecular complexity index is 342. The van der Waals surface area contributed by atoms with E-state index < -0.39 is 17.8 Å². The molecule has 0 saturated carbocycles. The fourth-order valence-corrected chi connectivity index (χ4v) is 1.73. The normalized spacial score (nSPS) is 32.7. The van der Waals surface area contributed by atoms with E-state index in [-0.39, 0.29) is 18.0 Å². The number of hydrogen-bond acceptors (Lipinski definition) is 5. The van der Waals surface area contributed by atoms with Crippen molar-refractivity contribution < 1.29 is 19.0 Å². The first-order valence-electron chi connectivity index (χ1n) is 6.08. The molecule has 1 aliphatic heterocycles. The van der Waals surface area contributed by atoms with Gasteiger partial charge in [0.1, 0.15) is 0 Å². The van der Waals surface area contributed by atoms with Crippen molar-refractivity contribution in [1.82, 2.24) is 0 Å². The molecule has 0 aromatic rings. The Morgan fingerprint density at radius 1 is 1.44 bits per heavy atom. The van der Waals surface area contributed by atoms with E-state index in [1.54, 1.807) is 20.8 Å². The second-order valence-corrected chi connectivity index (χ2v) is 5.61. The van der Waals surface area contributed by atoms with Crippen LogP contribution in [0.25, 0.3) is 0 Å². The summed E-state index contributed by atoms with van der Waals surface area (Å²) < 4.78 is 16.1. The molecule has 1 aliphatic rings. The first-order chi connectivity index (χ1) is 8.29. The van der Waals surface area contributed by atoms with Crippen molar-refractivity contribution in [3.05, 3.63) is 0 Å². The summed E-state index contributed by atoms with van der Waals surface area (Å²) in [4.78, 5) is 11.9. The van der Waals surface area contributed by atoms with E-state index in [4.69, 9.17) is 19.5 Å². The van der Waals surface area contributed by atoms with E-state index in [1.165, 1.54) is 7.11 Å². The third-order valence-corrected chi connectivity index (χ3v) is 2.97. The molecule has 102 valence electrons. The molecule has 4 unspecified atom stereocenters. The molecule has 1 fully saturated rings. The summed E-state index contributed by atoms with van der Waals surface area (Å²) in [6, 6.07) is 2.17. The van der Waals surface area contributed by atoms with E-state index in [9.17, 15) is 4.79 Å². The summed E-state index contributed by atoms with van der Waals surface area (Å²) in [6.07, 6.45) is -0.902. The van der Waals surface area contributed by atoms with E-state index >= 15 is 0 Å². The molecule has 18 heavy (non-hydrogen) atoms. The Morgan fingerprint density at radius 3 is 2.50 bits per heavy atom. The number of carbonyl (C=O) groups excluding carboxylic acids is 1. The Balaban J connectivity index is 2.73. The zero-order valence-electron chi connectivity index (χ0n) is 11.6. The van der Waals surface area contributed by atoms with Gasteiger partial charge in [-0.1, -0.05) is 0 Å². The van der Waals surface area contributed by atoms with Gasteiger partial charge >= 0.3 is 5.97 Å². The van der Waals surface area contributed by atoms with Gasteiger partial charge in [-0.15, -0.1) is 0 Å². The van der Waals surface area contributed by atoms with Crippen LogP contribution in [0, 0.1) is 22.7 Å². The second kappa shape index (κ2) is 5.68. The monoisotopic (exact) mass is 255 g/mol. The van der Waals surface area contributed by atoms with Gasteiger partial charge in [-0.25, -0.2) is 0 Å². The summed E-state index contributed by atoms with van der Waals surface area (Å²) in [7, 11) is 1.50. The third-order valence-electron chi connectivity index (χ3n) is 2.97. The van der Waals surface area contributed by atoms with Crippen molar-refractivity contribution in [2.24, 2.45) is 11.3 Å². The van der Waals surface area contributed by atoms with Crippen LogP contribution in [-0.2, 0) is 19.0 Å². The van der Waals surface area contributed by atoms with Crippen molar-refractivity contribution in [3.63, 3.8) is 0 Å². The topological polar surface area (TPSA) is 68.6 Å². The summed E-state index contributed by atoms with van der Waals surface area (Å²) >= 11 is 0. The van der Waals surface area contributed by atoms with Gasteiger partial charge in [0.2, 0.25) is 0 Å². The highest BCUT2D eigenvalue weighted by atomic mass is 16.7. The smallest absolute Gasteiger partial charge is 0.311 e. The molecule has 1 heterocycles. The van der Waals surface area contributed by atoms with Crippen molar-refractivity contribution in [2.45, 2.75) is 52.6 Å². The number of nitrogens with zero attached hydrogens (tertiary/aromatic N) is 1. The summed E-state index contributed by atoms with van der Waals surface area (Å²) in [5, 5.41) is 9.02. The summed E-state index contributed by atoms with van der Waals surface area (Å²) in [5.41, 5.74) is -0.580. The fourth-order valence-electron chi connectivity index (χ4n) is 1.73. The highest BCUT2D eigenvalue weighted by Crippen LogP contribution is 2.29. The van der Waals surface area contributed by atoms with Crippen LogP contribution in [0.1, 0.15) is 34.1 Å². The fraction of sp³-hybridized carbons (Fsp3) is 0.846. The number of methoxy groups -OCH3 is 1. The Morgan fingerprint density at radius 2 is 2.06 bits per heavy atom. The molecule has 0 radical (unpaired) electrons. The molecule has 0 N–H and O–H groups in total. The number of esters is 1. The zero-order valence-corrected chi connectivity index (χ0v) is 11.6. The molecule has 0 bridgehead atoms. The van der Waals surface area contributed by atoms with Crippen molar-refractivity contribution >= 4 is 5.97 Å². The van der Waals surface area contributed by atoms with Crippen LogP contribution in [0.3, 0.4) is 0 Å². The lowest BCUT2D eigenvalue weighted by Gasteiger charge is -2.37. The van der Waals surface area contributed by atoms with Gasteiger partial charge in [0, 0.05) is 13.5 Å². The molecule has 5 heteroatoms. The number of hydrogen-bond donors (Lipinski definition) is 0. The predicted octanol–water partition coefficient (Wildman–Crippen LogP) is 1.87. The molecule has 0 aromatic heterocycles. The molecule has 0 aromatic carbocycles. The molecule has 0 amide bonds. The molecular formula is C13H21NO4. The molecular weight excluding hydrogens is 234 g/mol.